The van der Waals surface area contributed by atoms with E-state index in [9.17, 15) is 8.78 Å². The Kier molecular flexibility index (Phi) is 7.30. The van der Waals surface area contributed by atoms with Crippen LogP contribution >= 0.6 is 0 Å². The van der Waals surface area contributed by atoms with Gasteiger partial charge in [0, 0.05) is 0 Å². The average molecular weight is 427 g/mol. The summed E-state index contributed by atoms with van der Waals surface area (Å²) >= 11 is 0. The first-order valence-corrected chi connectivity index (χ1v) is 12.3. The van der Waals surface area contributed by atoms with Crippen LogP contribution in [-0.2, 0) is 19.3 Å². The number of ether oxygens (including phenoxy) is 1. The van der Waals surface area contributed by atoms with Crippen LogP contribution in [0, 0.1) is 17.6 Å². The Bertz CT molecular complexity index is 866. The zero-order chi connectivity index (χ0) is 21.8. The maximum atomic E-state index is 15.0. The molecule has 0 radical (unpaired) electrons. The second kappa shape index (κ2) is 10.1. The van der Waals surface area contributed by atoms with E-state index in [-0.39, 0.29) is 17.8 Å². The highest BCUT2D eigenvalue weighted by molar-refractivity contribution is 5.43. The fraction of sp³-hybridized carbons (Fsp3) is 0.571. The largest absolute Gasteiger partial charge is 0.487 e. The van der Waals surface area contributed by atoms with Gasteiger partial charge in [-0.05, 0) is 97.9 Å². The lowest BCUT2D eigenvalue weighted by molar-refractivity contribution is 0.154. The van der Waals surface area contributed by atoms with Crippen LogP contribution in [0.5, 0.6) is 5.75 Å². The number of fused-ring (bicyclic) bond motifs is 1. The SMILES string of the molecule is CCCc1ccc(CCC2CCc3cc(C4CCC(CC)CC4)c(F)c(F)c3O2)cc1. The standard InChI is InChI=1S/C28H36F2O/c1-3-5-20-6-8-21(9-7-20)12-16-24-17-15-23-18-25(26(29)27(30)28(23)31-24)22-13-10-19(4-2)11-14-22/h6-9,18-19,22,24H,3-5,10-17H2,1-2H3. The highest BCUT2D eigenvalue weighted by Gasteiger charge is 2.30. The Morgan fingerprint density at radius 2 is 1.55 bits per heavy atom. The van der Waals surface area contributed by atoms with Crippen molar-refractivity contribution in [3.05, 3.63) is 64.2 Å². The van der Waals surface area contributed by atoms with Crippen LogP contribution in [0.2, 0.25) is 0 Å². The minimum atomic E-state index is -0.765. The number of hydrogen-bond donors (Lipinski definition) is 0. The topological polar surface area (TPSA) is 9.23 Å². The molecule has 31 heavy (non-hydrogen) atoms. The lowest BCUT2D eigenvalue weighted by Gasteiger charge is -2.31. The van der Waals surface area contributed by atoms with Crippen LogP contribution in [0.3, 0.4) is 0 Å². The summed E-state index contributed by atoms with van der Waals surface area (Å²) in [4.78, 5) is 0. The molecule has 1 unspecified atom stereocenters. The predicted octanol–water partition coefficient (Wildman–Crippen LogP) is 7.93. The monoisotopic (exact) mass is 426 g/mol. The van der Waals surface area contributed by atoms with Gasteiger partial charge in [-0.2, -0.15) is 4.39 Å². The quantitative estimate of drug-likeness (QED) is 0.437. The Morgan fingerprint density at radius 3 is 2.19 bits per heavy atom. The molecule has 0 amide bonds. The maximum absolute atomic E-state index is 15.0. The number of benzene rings is 2. The molecule has 0 N–H and O–H groups in total. The van der Waals surface area contributed by atoms with Crippen molar-refractivity contribution in [1.29, 1.82) is 0 Å². The van der Waals surface area contributed by atoms with Crippen molar-refractivity contribution in [2.75, 3.05) is 0 Å². The van der Waals surface area contributed by atoms with Gasteiger partial charge in [0.1, 0.15) is 0 Å². The summed E-state index contributed by atoms with van der Waals surface area (Å²) in [6.07, 6.45) is 10.9. The Balaban J connectivity index is 1.40. The molecule has 0 bridgehead atoms. The fourth-order valence-corrected chi connectivity index (χ4v) is 5.41. The van der Waals surface area contributed by atoms with Crippen molar-refractivity contribution in [2.24, 2.45) is 5.92 Å². The highest BCUT2D eigenvalue weighted by Crippen LogP contribution is 2.42. The van der Waals surface area contributed by atoms with Gasteiger partial charge in [0.25, 0.3) is 0 Å². The van der Waals surface area contributed by atoms with Crippen molar-refractivity contribution in [2.45, 2.75) is 96.5 Å². The molecule has 2 aromatic carbocycles. The molecule has 1 aliphatic heterocycles. The Labute approximate surface area is 186 Å². The van der Waals surface area contributed by atoms with E-state index in [0.717, 1.165) is 75.7 Å². The molecule has 1 aliphatic carbocycles. The van der Waals surface area contributed by atoms with Crippen molar-refractivity contribution in [3.8, 4) is 5.75 Å². The van der Waals surface area contributed by atoms with Crippen LogP contribution in [0.15, 0.2) is 30.3 Å². The summed E-state index contributed by atoms with van der Waals surface area (Å²) in [7, 11) is 0. The summed E-state index contributed by atoms with van der Waals surface area (Å²) in [5.41, 5.74) is 4.08. The Hall–Kier alpha value is -1.90. The van der Waals surface area contributed by atoms with Crippen molar-refractivity contribution >= 4 is 0 Å². The zero-order valence-corrected chi connectivity index (χ0v) is 19.1. The van der Waals surface area contributed by atoms with E-state index >= 15 is 0 Å². The van der Waals surface area contributed by atoms with E-state index in [1.54, 1.807) is 0 Å². The first-order chi connectivity index (χ1) is 15.1. The minimum absolute atomic E-state index is 0.0532. The van der Waals surface area contributed by atoms with Crippen LogP contribution < -0.4 is 4.74 Å². The molecule has 0 aromatic heterocycles. The number of halogens is 2. The second-order valence-electron chi connectivity index (χ2n) is 9.59. The Morgan fingerprint density at radius 1 is 0.871 bits per heavy atom. The van der Waals surface area contributed by atoms with E-state index in [1.165, 1.54) is 17.5 Å². The third-order valence-corrected chi connectivity index (χ3v) is 7.47. The lowest BCUT2D eigenvalue weighted by atomic mass is 9.77. The normalized spacial score (nSPS) is 23.3. The van der Waals surface area contributed by atoms with Crippen molar-refractivity contribution in [1.82, 2.24) is 0 Å². The van der Waals surface area contributed by atoms with Gasteiger partial charge in [-0.15, -0.1) is 0 Å². The molecular formula is C28H36F2O. The summed E-state index contributed by atoms with van der Waals surface area (Å²) in [6.45, 7) is 4.41. The zero-order valence-electron chi connectivity index (χ0n) is 19.1. The first kappa shape index (κ1) is 22.3. The number of rotatable bonds is 7. The minimum Gasteiger partial charge on any atom is -0.487 e. The molecule has 2 aliphatic rings. The smallest absolute Gasteiger partial charge is 0.201 e. The van der Waals surface area contributed by atoms with Crippen LogP contribution in [0.4, 0.5) is 8.78 Å². The van der Waals surface area contributed by atoms with E-state index < -0.39 is 11.6 Å². The molecule has 2 aromatic rings. The van der Waals surface area contributed by atoms with E-state index in [1.807, 2.05) is 6.07 Å². The summed E-state index contributed by atoms with van der Waals surface area (Å²) < 4.78 is 36.0. The van der Waals surface area contributed by atoms with Gasteiger partial charge in [-0.3, -0.25) is 0 Å². The van der Waals surface area contributed by atoms with Gasteiger partial charge in [0.05, 0.1) is 6.10 Å². The summed E-state index contributed by atoms with van der Waals surface area (Å²) in [5, 5.41) is 0. The molecule has 1 fully saturated rings. The van der Waals surface area contributed by atoms with Gasteiger partial charge in [-0.1, -0.05) is 51.0 Å². The lowest BCUT2D eigenvalue weighted by Crippen LogP contribution is -2.25. The molecule has 1 heterocycles. The molecule has 168 valence electrons. The number of hydrogen-bond acceptors (Lipinski definition) is 1. The first-order valence-electron chi connectivity index (χ1n) is 12.3. The third-order valence-electron chi connectivity index (χ3n) is 7.47. The van der Waals surface area contributed by atoms with Crippen molar-refractivity contribution in [3.63, 3.8) is 0 Å². The van der Waals surface area contributed by atoms with Crippen LogP contribution in [0.1, 0.15) is 93.4 Å². The molecule has 1 atom stereocenters. The van der Waals surface area contributed by atoms with Crippen molar-refractivity contribution < 1.29 is 13.5 Å². The highest BCUT2D eigenvalue weighted by atomic mass is 19.2. The van der Waals surface area contributed by atoms with E-state index in [2.05, 4.69) is 38.1 Å². The van der Waals surface area contributed by atoms with E-state index in [4.69, 9.17) is 4.74 Å². The molecule has 4 rings (SSSR count). The molecular weight excluding hydrogens is 390 g/mol. The molecule has 0 saturated heterocycles. The van der Waals surface area contributed by atoms with Gasteiger partial charge in [-0.25, -0.2) is 4.39 Å². The second-order valence-corrected chi connectivity index (χ2v) is 9.59. The summed E-state index contributed by atoms with van der Waals surface area (Å²) in [6, 6.07) is 10.7. The maximum Gasteiger partial charge on any atom is 0.201 e. The van der Waals surface area contributed by atoms with Gasteiger partial charge >= 0.3 is 0 Å². The van der Waals surface area contributed by atoms with Gasteiger partial charge in [0.2, 0.25) is 5.82 Å². The predicted molar refractivity (Wildman–Crippen MR) is 123 cm³/mol. The van der Waals surface area contributed by atoms with Crippen LogP contribution in [-0.4, -0.2) is 6.10 Å². The molecule has 3 heteroatoms. The molecule has 1 saturated carbocycles. The van der Waals surface area contributed by atoms with Gasteiger partial charge in [0.15, 0.2) is 11.6 Å². The molecule has 0 spiro atoms. The van der Waals surface area contributed by atoms with E-state index in [0.29, 0.717) is 5.56 Å². The average Bonchev–Trinajstić information content (AvgIpc) is 2.81. The molecule has 1 nitrogen and oxygen atoms in total. The van der Waals surface area contributed by atoms with Crippen LogP contribution in [0.25, 0.3) is 0 Å². The summed E-state index contributed by atoms with van der Waals surface area (Å²) in [5.74, 6) is -0.382. The van der Waals surface area contributed by atoms with Gasteiger partial charge < -0.3 is 4.74 Å². The third kappa shape index (κ3) is 5.13. The number of aryl methyl sites for hydroxylation is 3. The fourth-order valence-electron chi connectivity index (χ4n) is 5.41.